The number of benzene rings is 3. The van der Waals surface area contributed by atoms with Crippen LogP contribution in [0, 0.1) is 0 Å². The molecule has 0 fully saturated rings. The number of nitrogens with zero attached hydrogens (tertiary/aromatic N) is 2. The van der Waals surface area contributed by atoms with Crippen molar-refractivity contribution in [3.63, 3.8) is 0 Å². The van der Waals surface area contributed by atoms with Crippen molar-refractivity contribution in [3.8, 4) is 0 Å². The van der Waals surface area contributed by atoms with Gasteiger partial charge in [-0.25, -0.2) is 0 Å². The summed E-state index contributed by atoms with van der Waals surface area (Å²) in [6.45, 7) is 0. The Morgan fingerprint density at radius 1 is 0.564 bits per heavy atom. The van der Waals surface area contributed by atoms with Crippen LogP contribution in [0.4, 0.5) is 11.4 Å². The smallest absolute Gasteiger partial charge is 0.198 e. The summed E-state index contributed by atoms with van der Waals surface area (Å²) in [5, 5.41) is 0. The minimum Gasteiger partial charge on any atom is -0.457 e. The van der Waals surface area contributed by atoms with Crippen LogP contribution in [0.2, 0.25) is 0 Å². The molecule has 1 aliphatic heterocycles. The fraction of sp³-hybridized carbons (Fsp3) is 0.118. The van der Waals surface area contributed by atoms with Gasteiger partial charge in [0.25, 0.3) is 0 Å². The molecule has 0 aromatic heterocycles. The Bertz CT molecular complexity index is 1470. The van der Waals surface area contributed by atoms with Crippen molar-refractivity contribution in [2.75, 3.05) is 38.0 Å². The van der Waals surface area contributed by atoms with Crippen LogP contribution >= 0.6 is 0 Å². The van der Waals surface area contributed by atoms with Crippen LogP contribution in [0.3, 0.4) is 0 Å². The third-order valence-corrected chi connectivity index (χ3v) is 6.69. The van der Waals surface area contributed by atoms with Gasteiger partial charge in [-0.2, -0.15) is 0 Å². The van der Waals surface area contributed by atoms with Crippen molar-refractivity contribution in [1.82, 2.24) is 0 Å². The molecule has 5 rings (SSSR count). The van der Waals surface area contributed by atoms with Gasteiger partial charge in [0.15, 0.2) is 11.6 Å². The number of Topliss-reactive ketones (excluding diaryl/α,β-unsaturated/α-hetero) is 2. The number of ether oxygens (including phenoxy) is 1. The summed E-state index contributed by atoms with van der Waals surface area (Å²) in [4.78, 5) is 30.6. The van der Waals surface area contributed by atoms with E-state index in [9.17, 15) is 9.59 Å². The fourth-order valence-corrected chi connectivity index (χ4v) is 4.49. The van der Waals surface area contributed by atoms with E-state index in [1.807, 2.05) is 111 Å². The van der Waals surface area contributed by atoms with Crippen molar-refractivity contribution < 1.29 is 14.3 Å². The highest BCUT2D eigenvalue weighted by molar-refractivity contribution is 6.40. The monoisotopic (exact) mass is 514 g/mol. The first-order chi connectivity index (χ1) is 18.8. The molecule has 3 aromatic carbocycles. The van der Waals surface area contributed by atoms with Gasteiger partial charge in [-0.3, -0.25) is 9.59 Å². The molecule has 0 bridgehead atoms. The Morgan fingerprint density at radius 3 is 1.36 bits per heavy atom. The molecule has 0 unspecified atom stereocenters. The van der Waals surface area contributed by atoms with E-state index in [0.717, 1.165) is 22.5 Å². The third-order valence-electron chi connectivity index (χ3n) is 6.69. The molecular formula is C34H30N2O3. The van der Waals surface area contributed by atoms with Crippen molar-refractivity contribution in [1.29, 1.82) is 0 Å². The predicted molar refractivity (Wildman–Crippen MR) is 159 cm³/mol. The standard InChI is InChI=1S/C34H30N2O3/c1-35(2)26-15-9-23(10-16-26)13-19-28-21-25(32-33(37)30-7-5-6-8-31(30)34(32)38)22-29(39-28)20-14-24-11-17-27(18-12-24)36(3)4/h5-22H,1-4H3. The fourth-order valence-electron chi connectivity index (χ4n) is 4.49. The van der Waals surface area contributed by atoms with Gasteiger partial charge in [-0.1, -0.05) is 60.7 Å². The molecule has 5 nitrogen and oxygen atoms in total. The molecule has 3 aromatic rings. The third kappa shape index (κ3) is 5.53. The lowest BCUT2D eigenvalue weighted by Crippen LogP contribution is -2.08. The summed E-state index contributed by atoms with van der Waals surface area (Å²) in [5.74, 6) is 0.558. The average Bonchev–Trinajstić information content (AvgIpc) is 3.20. The SMILES string of the molecule is CN(C)c1ccc(C=CC2=CC(=C3C(=O)c4ccccc4C3=O)C=C(C=Cc3ccc(N(C)C)cc3)O2)cc1. The van der Waals surface area contributed by atoms with Gasteiger partial charge in [0, 0.05) is 50.7 Å². The minimum atomic E-state index is -0.259. The zero-order valence-corrected chi connectivity index (χ0v) is 22.5. The number of ketones is 2. The largest absolute Gasteiger partial charge is 0.457 e. The minimum absolute atomic E-state index is 0.168. The first-order valence-electron chi connectivity index (χ1n) is 12.7. The van der Waals surface area contributed by atoms with Gasteiger partial charge in [-0.05, 0) is 65.3 Å². The summed E-state index contributed by atoms with van der Waals surface area (Å²) in [7, 11) is 8.01. The second-order valence-corrected chi connectivity index (χ2v) is 9.87. The first kappa shape index (κ1) is 25.7. The highest BCUT2D eigenvalue weighted by atomic mass is 16.5. The number of anilines is 2. The molecule has 0 amide bonds. The van der Waals surface area contributed by atoms with Crippen LogP contribution in [0.25, 0.3) is 12.2 Å². The zero-order chi connectivity index (χ0) is 27.5. The van der Waals surface area contributed by atoms with E-state index in [2.05, 4.69) is 0 Å². The molecule has 2 aliphatic rings. The number of rotatable bonds is 6. The van der Waals surface area contributed by atoms with E-state index >= 15 is 0 Å². The maximum Gasteiger partial charge on any atom is 0.198 e. The van der Waals surface area contributed by atoms with E-state index in [1.165, 1.54) is 0 Å². The highest BCUT2D eigenvalue weighted by Gasteiger charge is 2.35. The molecule has 0 N–H and O–H groups in total. The summed E-state index contributed by atoms with van der Waals surface area (Å²) in [5.41, 5.74) is 5.82. The Hall–Kier alpha value is -4.90. The van der Waals surface area contributed by atoms with Crippen LogP contribution in [0.5, 0.6) is 0 Å². The Balaban J connectivity index is 1.50. The Morgan fingerprint density at radius 2 is 0.974 bits per heavy atom. The summed E-state index contributed by atoms with van der Waals surface area (Å²) >= 11 is 0. The lowest BCUT2D eigenvalue weighted by Gasteiger charge is -2.15. The molecule has 0 atom stereocenters. The lowest BCUT2D eigenvalue weighted by molar-refractivity contribution is 0.0988. The molecule has 0 spiro atoms. The maximum absolute atomic E-state index is 13.2. The van der Waals surface area contributed by atoms with Crippen molar-refractivity contribution in [3.05, 3.63) is 142 Å². The number of allylic oxidation sites excluding steroid dienone is 6. The molecule has 0 saturated carbocycles. The molecule has 1 heterocycles. The molecule has 0 radical (unpaired) electrons. The lowest BCUT2D eigenvalue weighted by atomic mass is 10.00. The second kappa shape index (κ2) is 10.8. The average molecular weight is 515 g/mol. The highest BCUT2D eigenvalue weighted by Crippen LogP contribution is 2.33. The maximum atomic E-state index is 13.2. The summed E-state index contributed by atoms with van der Waals surface area (Å²) in [6, 6.07) is 23.3. The molecule has 1 aliphatic carbocycles. The van der Waals surface area contributed by atoms with Gasteiger partial charge in [0.1, 0.15) is 11.5 Å². The Kier molecular flexibility index (Phi) is 7.15. The zero-order valence-electron chi connectivity index (χ0n) is 22.5. The topological polar surface area (TPSA) is 49.9 Å². The van der Waals surface area contributed by atoms with Crippen LogP contribution in [0.1, 0.15) is 31.8 Å². The number of carbonyl (C=O) groups excluding carboxylic acids is 2. The first-order valence-corrected chi connectivity index (χ1v) is 12.7. The number of carbonyl (C=O) groups is 2. The Labute approximate surface area is 229 Å². The van der Waals surface area contributed by atoms with Gasteiger partial charge in [0.2, 0.25) is 0 Å². The van der Waals surface area contributed by atoms with Gasteiger partial charge < -0.3 is 14.5 Å². The number of hydrogen-bond donors (Lipinski definition) is 0. The van der Waals surface area contributed by atoms with E-state index in [1.54, 1.807) is 36.4 Å². The normalized spacial score (nSPS) is 15.0. The van der Waals surface area contributed by atoms with Crippen molar-refractivity contribution in [2.45, 2.75) is 0 Å². The van der Waals surface area contributed by atoms with Crippen LogP contribution < -0.4 is 9.80 Å². The number of fused-ring (bicyclic) bond motifs is 1. The van der Waals surface area contributed by atoms with Crippen LogP contribution in [-0.4, -0.2) is 39.8 Å². The van der Waals surface area contributed by atoms with E-state index in [0.29, 0.717) is 28.2 Å². The molecule has 5 heteroatoms. The van der Waals surface area contributed by atoms with Crippen LogP contribution in [0.15, 0.2) is 120 Å². The van der Waals surface area contributed by atoms with E-state index in [-0.39, 0.29) is 17.1 Å². The molecule has 194 valence electrons. The number of hydrogen-bond acceptors (Lipinski definition) is 5. The summed E-state index contributed by atoms with van der Waals surface area (Å²) in [6.07, 6.45) is 11.1. The van der Waals surface area contributed by atoms with Crippen molar-refractivity contribution in [2.24, 2.45) is 0 Å². The molecule has 39 heavy (non-hydrogen) atoms. The molecule has 0 saturated heterocycles. The predicted octanol–water partition coefficient (Wildman–Crippen LogP) is 6.72. The van der Waals surface area contributed by atoms with E-state index < -0.39 is 0 Å². The van der Waals surface area contributed by atoms with Gasteiger partial charge in [0.05, 0.1) is 5.57 Å². The second-order valence-electron chi connectivity index (χ2n) is 9.87. The van der Waals surface area contributed by atoms with Gasteiger partial charge >= 0.3 is 0 Å². The van der Waals surface area contributed by atoms with Crippen LogP contribution in [-0.2, 0) is 4.74 Å². The van der Waals surface area contributed by atoms with Crippen molar-refractivity contribution >= 4 is 35.1 Å². The summed E-state index contributed by atoms with van der Waals surface area (Å²) < 4.78 is 6.17. The van der Waals surface area contributed by atoms with E-state index in [4.69, 9.17) is 4.74 Å². The quantitative estimate of drug-likeness (QED) is 0.270. The molecular weight excluding hydrogens is 484 g/mol. The van der Waals surface area contributed by atoms with Gasteiger partial charge in [-0.15, -0.1) is 0 Å².